The second-order valence-corrected chi connectivity index (χ2v) is 7.60. The molecule has 3 N–H and O–H groups in total. The van der Waals surface area contributed by atoms with Crippen molar-refractivity contribution in [3.63, 3.8) is 0 Å². The summed E-state index contributed by atoms with van der Waals surface area (Å²) in [5.41, 5.74) is 6.31. The molecule has 0 aliphatic carbocycles. The first-order valence-corrected chi connectivity index (χ1v) is 8.69. The molecule has 0 atom stereocenters. The lowest BCUT2D eigenvalue weighted by Crippen LogP contribution is -2.14. The van der Waals surface area contributed by atoms with Gasteiger partial charge in [-0.2, -0.15) is 0 Å². The minimum absolute atomic E-state index is 0.137. The van der Waals surface area contributed by atoms with Crippen LogP contribution in [0.25, 0.3) is 0 Å². The van der Waals surface area contributed by atoms with E-state index in [1.165, 1.54) is 11.3 Å². The third kappa shape index (κ3) is 4.05. The molecule has 2 rings (SSSR count). The van der Waals surface area contributed by atoms with Gasteiger partial charge in [-0.1, -0.05) is 19.1 Å². The van der Waals surface area contributed by atoms with E-state index in [0.29, 0.717) is 9.90 Å². The van der Waals surface area contributed by atoms with Crippen molar-refractivity contribution in [2.24, 2.45) is 5.73 Å². The molecule has 1 aromatic heterocycles. The lowest BCUT2D eigenvalue weighted by molar-refractivity contribution is -0.117. The van der Waals surface area contributed by atoms with Gasteiger partial charge in [-0.3, -0.25) is 9.52 Å². The summed E-state index contributed by atoms with van der Waals surface area (Å²) in [5.74, 6) is -0.422. The zero-order valence-corrected chi connectivity index (χ0v) is 13.1. The topological polar surface area (TPSA) is 89.3 Å². The summed E-state index contributed by atoms with van der Waals surface area (Å²) >= 11 is 1.26. The molecule has 1 aromatic carbocycles. The molecule has 0 fully saturated rings. The van der Waals surface area contributed by atoms with E-state index < -0.39 is 15.9 Å². The molecule has 2 aromatic rings. The summed E-state index contributed by atoms with van der Waals surface area (Å²) in [6.45, 7) is 1.98. The van der Waals surface area contributed by atoms with Gasteiger partial charge in [-0.25, -0.2) is 8.42 Å². The molecule has 1 amide bonds. The van der Waals surface area contributed by atoms with Gasteiger partial charge in [-0.05, 0) is 36.2 Å². The van der Waals surface area contributed by atoms with Crippen molar-refractivity contribution >= 4 is 33.0 Å². The van der Waals surface area contributed by atoms with E-state index in [1.54, 1.807) is 30.3 Å². The summed E-state index contributed by atoms with van der Waals surface area (Å²) in [5, 5.41) is 0. The summed E-state index contributed by atoms with van der Waals surface area (Å²) in [4.78, 5) is 11.8. The van der Waals surface area contributed by atoms with Crippen LogP contribution in [-0.4, -0.2) is 14.3 Å². The molecule has 0 radical (unpaired) electrons. The number of nitrogens with one attached hydrogen (secondary N) is 1. The Hall–Kier alpha value is -1.86. The van der Waals surface area contributed by atoms with E-state index in [0.717, 1.165) is 16.9 Å². The number of anilines is 1. The van der Waals surface area contributed by atoms with Crippen LogP contribution in [0.5, 0.6) is 0 Å². The predicted molar refractivity (Wildman–Crippen MR) is 83.8 cm³/mol. The second kappa shape index (κ2) is 6.28. The van der Waals surface area contributed by atoms with Crippen LogP contribution in [0.15, 0.2) is 40.6 Å². The maximum Gasteiger partial charge on any atom is 0.271 e. The minimum atomic E-state index is -3.56. The Kier molecular flexibility index (Phi) is 4.64. The Morgan fingerprint density at radius 2 is 1.86 bits per heavy atom. The van der Waals surface area contributed by atoms with E-state index in [2.05, 4.69) is 4.72 Å². The van der Waals surface area contributed by atoms with E-state index in [-0.39, 0.29) is 6.42 Å². The van der Waals surface area contributed by atoms with Gasteiger partial charge in [0.1, 0.15) is 4.21 Å². The lowest BCUT2D eigenvalue weighted by atomic mass is 10.1. The van der Waals surface area contributed by atoms with Gasteiger partial charge < -0.3 is 5.73 Å². The van der Waals surface area contributed by atoms with Crippen molar-refractivity contribution in [3.05, 3.63) is 46.8 Å². The monoisotopic (exact) mass is 324 g/mol. The molecule has 0 spiro atoms. The number of rotatable bonds is 6. The van der Waals surface area contributed by atoms with Crippen LogP contribution in [0.3, 0.4) is 0 Å². The molecule has 5 nitrogen and oxygen atoms in total. The highest BCUT2D eigenvalue weighted by Crippen LogP contribution is 2.24. The summed E-state index contributed by atoms with van der Waals surface area (Å²) in [7, 11) is -3.56. The Balaban J connectivity index is 2.14. The summed E-state index contributed by atoms with van der Waals surface area (Å²) in [6, 6.07) is 10.00. The molecular weight excluding hydrogens is 308 g/mol. The zero-order chi connectivity index (χ0) is 15.5. The van der Waals surface area contributed by atoms with E-state index in [4.69, 9.17) is 5.73 Å². The van der Waals surface area contributed by atoms with E-state index in [9.17, 15) is 13.2 Å². The van der Waals surface area contributed by atoms with Crippen molar-refractivity contribution in [2.45, 2.75) is 24.0 Å². The zero-order valence-electron chi connectivity index (χ0n) is 11.5. The number of sulfonamides is 1. The van der Waals surface area contributed by atoms with Crippen molar-refractivity contribution in [3.8, 4) is 0 Å². The van der Waals surface area contributed by atoms with Crippen LogP contribution in [0.2, 0.25) is 0 Å². The molecule has 0 aliphatic rings. The minimum Gasteiger partial charge on any atom is -0.369 e. The van der Waals surface area contributed by atoms with Crippen LogP contribution >= 0.6 is 11.3 Å². The van der Waals surface area contributed by atoms with Crippen LogP contribution in [0.4, 0.5) is 5.69 Å². The quantitative estimate of drug-likeness (QED) is 0.853. The highest BCUT2D eigenvalue weighted by Gasteiger charge is 2.16. The summed E-state index contributed by atoms with van der Waals surface area (Å²) < 4.78 is 27.2. The van der Waals surface area contributed by atoms with Gasteiger partial charge in [0.25, 0.3) is 10.0 Å². The number of thiophene rings is 1. The normalized spacial score (nSPS) is 11.3. The first kappa shape index (κ1) is 15.5. The van der Waals surface area contributed by atoms with Crippen LogP contribution in [0.1, 0.15) is 17.4 Å². The number of primary amides is 1. The average molecular weight is 324 g/mol. The third-order valence-electron chi connectivity index (χ3n) is 2.83. The SMILES string of the molecule is CCc1ccc(S(=O)(=O)Nc2ccc(CC(N)=O)cc2)s1. The number of carbonyl (C=O) groups is 1. The lowest BCUT2D eigenvalue weighted by Gasteiger charge is -2.07. The van der Waals surface area contributed by atoms with E-state index >= 15 is 0 Å². The highest BCUT2D eigenvalue weighted by molar-refractivity contribution is 7.94. The standard InChI is InChI=1S/C14H16N2O3S2/c1-2-12-7-8-14(20-12)21(18,19)16-11-5-3-10(4-6-11)9-13(15)17/h3-8,16H,2,9H2,1H3,(H2,15,17). The number of hydrogen-bond donors (Lipinski definition) is 2. The largest absolute Gasteiger partial charge is 0.369 e. The van der Waals surface area contributed by atoms with Crippen molar-refractivity contribution in [1.29, 1.82) is 0 Å². The van der Waals surface area contributed by atoms with Gasteiger partial charge in [0, 0.05) is 10.6 Å². The molecule has 1 heterocycles. The number of aryl methyl sites for hydroxylation is 1. The molecule has 0 aliphatic heterocycles. The molecule has 0 bridgehead atoms. The maximum atomic E-state index is 12.2. The number of benzene rings is 1. The average Bonchev–Trinajstić information content (AvgIpc) is 2.90. The van der Waals surface area contributed by atoms with Crippen molar-refractivity contribution < 1.29 is 13.2 Å². The Bertz CT molecular complexity index is 734. The predicted octanol–water partition coefficient (Wildman–Crippen LogP) is 2.14. The van der Waals surface area contributed by atoms with Crippen molar-refractivity contribution in [2.75, 3.05) is 4.72 Å². The van der Waals surface area contributed by atoms with Gasteiger partial charge in [0.05, 0.1) is 6.42 Å². The van der Waals surface area contributed by atoms with Gasteiger partial charge in [-0.15, -0.1) is 11.3 Å². The molecular formula is C14H16N2O3S2. The number of amides is 1. The Morgan fingerprint density at radius 3 is 2.38 bits per heavy atom. The Labute approximate surface area is 127 Å². The Morgan fingerprint density at radius 1 is 1.19 bits per heavy atom. The van der Waals surface area contributed by atoms with Gasteiger partial charge in [0.15, 0.2) is 0 Å². The number of hydrogen-bond acceptors (Lipinski definition) is 4. The molecule has 0 saturated carbocycles. The molecule has 21 heavy (non-hydrogen) atoms. The highest BCUT2D eigenvalue weighted by atomic mass is 32.2. The number of nitrogens with two attached hydrogens (primary N) is 1. The van der Waals surface area contributed by atoms with Crippen LogP contribution in [-0.2, 0) is 27.7 Å². The van der Waals surface area contributed by atoms with Gasteiger partial charge in [0.2, 0.25) is 5.91 Å². The third-order valence-corrected chi connectivity index (χ3v) is 5.94. The first-order valence-electron chi connectivity index (χ1n) is 6.39. The number of carbonyl (C=O) groups excluding carboxylic acids is 1. The molecule has 112 valence electrons. The summed E-state index contributed by atoms with van der Waals surface area (Å²) in [6.07, 6.45) is 0.944. The van der Waals surface area contributed by atoms with Crippen LogP contribution < -0.4 is 10.5 Å². The molecule has 7 heteroatoms. The fourth-order valence-electron chi connectivity index (χ4n) is 1.79. The fraction of sp³-hybridized carbons (Fsp3) is 0.214. The first-order chi connectivity index (χ1) is 9.90. The second-order valence-electron chi connectivity index (χ2n) is 4.52. The molecule has 0 saturated heterocycles. The fourth-order valence-corrected chi connectivity index (χ4v) is 4.14. The smallest absolute Gasteiger partial charge is 0.271 e. The molecule has 0 unspecified atom stereocenters. The van der Waals surface area contributed by atoms with Crippen LogP contribution in [0, 0.1) is 0 Å². The van der Waals surface area contributed by atoms with Gasteiger partial charge >= 0.3 is 0 Å². The van der Waals surface area contributed by atoms with Crippen molar-refractivity contribution in [1.82, 2.24) is 0 Å². The maximum absolute atomic E-state index is 12.2. The van der Waals surface area contributed by atoms with E-state index in [1.807, 2.05) is 13.0 Å².